The lowest BCUT2D eigenvalue weighted by Gasteiger charge is -2.44. The van der Waals surface area contributed by atoms with Crippen molar-refractivity contribution < 1.29 is 57.3 Å². The van der Waals surface area contributed by atoms with Gasteiger partial charge in [-0.2, -0.15) is 0 Å². The van der Waals surface area contributed by atoms with Crippen molar-refractivity contribution in [2.75, 3.05) is 27.4 Å². The number of carbonyl (C=O) groups is 1. The van der Waals surface area contributed by atoms with Gasteiger partial charge < -0.3 is 57.8 Å². The highest BCUT2D eigenvalue weighted by Crippen LogP contribution is 2.41. The van der Waals surface area contributed by atoms with Gasteiger partial charge in [-0.15, -0.1) is 0 Å². The summed E-state index contributed by atoms with van der Waals surface area (Å²) in [5.74, 6) is -3.12. The number of fused-ring (bicyclic) bond motifs is 1. The standard InChI is InChI=1S/C25H43NO12/c1-12(28)26-15-18-17(35-24(4,5)36-18)13(10-27)32-21(15)33-16(14-11-31-23(2,3)34-14)19-20(22(29-8)30-9)38-25(6,7)37-19/h13-22,27H,10-11H2,1-9H3,(H,26,28)/t13-,14-,15+,16-,17+,18-,19+,20-,21+/m1/s1. The Morgan fingerprint density at radius 1 is 0.921 bits per heavy atom. The molecule has 2 N–H and O–H groups in total. The zero-order valence-corrected chi connectivity index (χ0v) is 23.6. The maximum Gasteiger partial charge on any atom is 0.217 e. The van der Waals surface area contributed by atoms with Crippen LogP contribution in [0.15, 0.2) is 0 Å². The first-order chi connectivity index (χ1) is 17.7. The number of amides is 1. The van der Waals surface area contributed by atoms with Crippen LogP contribution >= 0.6 is 0 Å². The van der Waals surface area contributed by atoms with E-state index in [2.05, 4.69) is 5.32 Å². The van der Waals surface area contributed by atoms with Gasteiger partial charge in [0.05, 0.1) is 13.2 Å². The molecule has 220 valence electrons. The highest BCUT2D eigenvalue weighted by atomic mass is 16.8. The van der Waals surface area contributed by atoms with Crippen molar-refractivity contribution in [1.29, 1.82) is 0 Å². The molecule has 4 heterocycles. The van der Waals surface area contributed by atoms with Gasteiger partial charge in [-0.25, -0.2) is 0 Å². The molecule has 13 heteroatoms. The van der Waals surface area contributed by atoms with Crippen LogP contribution in [0.5, 0.6) is 0 Å². The topological polar surface area (TPSA) is 142 Å². The average Bonchev–Trinajstić information content (AvgIpc) is 3.44. The lowest BCUT2D eigenvalue weighted by atomic mass is 9.96. The van der Waals surface area contributed by atoms with Gasteiger partial charge in [-0.05, 0) is 41.5 Å². The molecule has 4 aliphatic heterocycles. The zero-order chi connectivity index (χ0) is 28.0. The Kier molecular flexibility index (Phi) is 8.79. The van der Waals surface area contributed by atoms with E-state index < -0.39 is 78.7 Å². The third-order valence-electron chi connectivity index (χ3n) is 6.94. The van der Waals surface area contributed by atoms with Crippen LogP contribution in [-0.2, 0) is 52.2 Å². The zero-order valence-electron chi connectivity index (χ0n) is 23.6. The molecule has 0 saturated carbocycles. The number of aliphatic hydroxyl groups is 1. The second-order valence-corrected chi connectivity index (χ2v) is 11.4. The Hall–Kier alpha value is -0.970. The molecule has 0 aromatic heterocycles. The summed E-state index contributed by atoms with van der Waals surface area (Å²) >= 11 is 0. The van der Waals surface area contributed by atoms with Gasteiger partial charge in [-0.1, -0.05) is 0 Å². The molecule has 0 aromatic rings. The minimum absolute atomic E-state index is 0.203. The molecule has 4 fully saturated rings. The maximum absolute atomic E-state index is 12.3. The lowest BCUT2D eigenvalue weighted by Crippen LogP contribution is -2.65. The normalized spacial score (nSPS) is 40.3. The van der Waals surface area contributed by atoms with Gasteiger partial charge in [0, 0.05) is 21.1 Å². The summed E-state index contributed by atoms with van der Waals surface area (Å²) in [4.78, 5) is 12.3. The molecule has 0 spiro atoms. The van der Waals surface area contributed by atoms with Gasteiger partial charge in [0.2, 0.25) is 5.91 Å². The molecule has 0 unspecified atom stereocenters. The first kappa shape index (κ1) is 30.0. The quantitative estimate of drug-likeness (QED) is 0.385. The van der Waals surface area contributed by atoms with Gasteiger partial charge in [0.15, 0.2) is 29.9 Å². The number of carbonyl (C=O) groups excluding carboxylic acids is 1. The second kappa shape index (κ2) is 11.1. The average molecular weight is 550 g/mol. The van der Waals surface area contributed by atoms with Gasteiger partial charge >= 0.3 is 0 Å². The highest BCUT2D eigenvalue weighted by Gasteiger charge is 2.59. The summed E-state index contributed by atoms with van der Waals surface area (Å²) in [6.07, 6.45) is -6.77. The molecule has 9 atom stereocenters. The minimum Gasteiger partial charge on any atom is -0.394 e. The summed E-state index contributed by atoms with van der Waals surface area (Å²) in [6.45, 7) is 12.0. The Balaban J connectivity index is 1.69. The van der Waals surface area contributed by atoms with E-state index in [1.807, 2.05) is 0 Å². The van der Waals surface area contributed by atoms with E-state index in [-0.39, 0.29) is 19.1 Å². The lowest BCUT2D eigenvalue weighted by molar-refractivity contribution is -0.292. The van der Waals surface area contributed by atoms with Crippen molar-refractivity contribution in [3.8, 4) is 0 Å². The molecule has 38 heavy (non-hydrogen) atoms. The fourth-order valence-electron chi connectivity index (χ4n) is 5.58. The van der Waals surface area contributed by atoms with Crippen LogP contribution in [0.2, 0.25) is 0 Å². The predicted octanol–water partition coefficient (Wildman–Crippen LogP) is 0.404. The first-order valence-corrected chi connectivity index (χ1v) is 13.0. The van der Waals surface area contributed by atoms with Gasteiger partial charge in [0.1, 0.15) is 48.8 Å². The van der Waals surface area contributed by atoms with E-state index in [1.165, 1.54) is 21.1 Å². The van der Waals surface area contributed by atoms with Crippen LogP contribution in [0.1, 0.15) is 48.5 Å². The van der Waals surface area contributed by atoms with E-state index in [0.717, 1.165) is 0 Å². The van der Waals surface area contributed by atoms with E-state index in [0.29, 0.717) is 0 Å². The molecule has 1 amide bonds. The number of methoxy groups -OCH3 is 2. The largest absolute Gasteiger partial charge is 0.394 e. The molecule has 0 aromatic carbocycles. The molecule has 4 aliphatic rings. The molecule has 13 nitrogen and oxygen atoms in total. The molecular weight excluding hydrogens is 506 g/mol. The minimum atomic E-state index is -1.07. The Bertz CT molecular complexity index is 833. The van der Waals surface area contributed by atoms with Crippen LogP contribution in [0, 0.1) is 0 Å². The number of ether oxygens (including phenoxy) is 10. The van der Waals surface area contributed by atoms with Gasteiger partial charge in [0.25, 0.3) is 0 Å². The fourth-order valence-corrected chi connectivity index (χ4v) is 5.58. The van der Waals surface area contributed by atoms with Crippen molar-refractivity contribution >= 4 is 5.91 Å². The summed E-state index contributed by atoms with van der Waals surface area (Å²) in [5, 5.41) is 13.0. The Morgan fingerprint density at radius 3 is 2.08 bits per heavy atom. The van der Waals surface area contributed by atoms with Crippen molar-refractivity contribution in [2.24, 2.45) is 0 Å². The van der Waals surface area contributed by atoms with E-state index in [9.17, 15) is 9.90 Å². The number of hydrogen-bond acceptors (Lipinski definition) is 12. The highest BCUT2D eigenvalue weighted by molar-refractivity contribution is 5.73. The van der Waals surface area contributed by atoms with Crippen LogP contribution in [-0.4, -0.2) is 117 Å². The smallest absolute Gasteiger partial charge is 0.217 e. The van der Waals surface area contributed by atoms with Crippen LogP contribution in [0.4, 0.5) is 0 Å². The molecule has 0 aliphatic carbocycles. The SMILES string of the molecule is COC(OC)[C@@H]1OC(C)(C)O[C@H]1[C@H](O[C@@H]1O[C@H](CO)[C@@H]2OC(C)(C)O[C@@H]2[C@@H]1NC(C)=O)[C@H]1COC(C)(C)O1. The van der Waals surface area contributed by atoms with Crippen molar-refractivity contribution in [2.45, 2.75) is 127 Å². The molecule has 4 rings (SSSR count). The van der Waals surface area contributed by atoms with Gasteiger partial charge in [-0.3, -0.25) is 4.79 Å². The summed E-state index contributed by atoms with van der Waals surface area (Å²) in [5.41, 5.74) is 0. The summed E-state index contributed by atoms with van der Waals surface area (Å²) < 4.78 is 60.6. The number of rotatable bonds is 9. The summed E-state index contributed by atoms with van der Waals surface area (Å²) in [6, 6.07) is -0.769. The third kappa shape index (κ3) is 6.33. The number of nitrogens with one attached hydrogen (secondary N) is 1. The second-order valence-electron chi connectivity index (χ2n) is 11.4. The molecule has 4 saturated heterocycles. The van der Waals surface area contributed by atoms with E-state index in [4.69, 9.17) is 47.4 Å². The third-order valence-corrected chi connectivity index (χ3v) is 6.94. The molecule has 0 radical (unpaired) electrons. The first-order valence-electron chi connectivity index (χ1n) is 13.0. The van der Waals surface area contributed by atoms with Crippen LogP contribution in [0.25, 0.3) is 0 Å². The fraction of sp³-hybridized carbons (Fsp3) is 0.960. The van der Waals surface area contributed by atoms with Crippen LogP contribution in [0.3, 0.4) is 0 Å². The Morgan fingerprint density at radius 2 is 1.53 bits per heavy atom. The number of aliphatic hydroxyl groups excluding tert-OH is 1. The Labute approximate surface area is 223 Å². The van der Waals surface area contributed by atoms with E-state index in [1.54, 1.807) is 41.5 Å². The molecule has 0 bridgehead atoms. The molecular formula is C25H43NO12. The summed E-state index contributed by atoms with van der Waals surface area (Å²) in [7, 11) is 3.02. The van der Waals surface area contributed by atoms with E-state index >= 15 is 0 Å². The van der Waals surface area contributed by atoms with Crippen molar-refractivity contribution in [3.63, 3.8) is 0 Å². The van der Waals surface area contributed by atoms with Crippen molar-refractivity contribution in [1.82, 2.24) is 5.32 Å². The number of hydrogen-bond donors (Lipinski definition) is 2. The van der Waals surface area contributed by atoms with Crippen molar-refractivity contribution in [3.05, 3.63) is 0 Å². The predicted molar refractivity (Wildman–Crippen MR) is 129 cm³/mol. The maximum atomic E-state index is 12.3. The monoisotopic (exact) mass is 549 g/mol. The van der Waals surface area contributed by atoms with Crippen LogP contribution < -0.4 is 5.32 Å².